The Labute approximate surface area is 63.5 Å². The summed E-state index contributed by atoms with van der Waals surface area (Å²) in [6.45, 7) is 10.0. The molecule has 58 valence electrons. The lowest BCUT2D eigenvalue weighted by Crippen LogP contribution is -2.28. The van der Waals surface area contributed by atoms with Gasteiger partial charge in [0.05, 0.1) is 0 Å². The Balaban J connectivity index is 2.69. The van der Waals surface area contributed by atoms with Gasteiger partial charge >= 0.3 is 0 Å². The molecule has 1 aliphatic rings. The maximum atomic E-state index is 4.48. The number of rotatable bonds is 0. The molecule has 1 aliphatic heterocycles. The Bertz CT molecular complexity index is 156. The van der Waals surface area contributed by atoms with Crippen molar-refractivity contribution >= 4 is 5.71 Å². The molecular weight excluding hydrogens is 122 g/mol. The molecule has 0 aromatic heterocycles. The average molecular weight is 139 g/mol. The summed E-state index contributed by atoms with van der Waals surface area (Å²) in [6, 6.07) is 0. The molecule has 1 atom stereocenters. The second kappa shape index (κ2) is 2.37. The molecule has 0 radical (unpaired) electrons. The number of hydrogen-bond acceptors (Lipinski definition) is 1. The van der Waals surface area contributed by atoms with E-state index in [0.29, 0.717) is 11.3 Å². The minimum atomic E-state index is 0.443. The van der Waals surface area contributed by atoms with Crippen LogP contribution in [0.2, 0.25) is 0 Å². The maximum absolute atomic E-state index is 4.48. The quantitative estimate of drug-likeness (QED) is 0.489. The number of aliphatic imine (C=N–C) groups is 1. The molecule has 0 bridgehead atoms. The predicted molar refractivity (Wildman–Crippen MR) is 45.5 cm³/mol. The van der Waals surface area contributed by atoms with E-state index < -0.39 is 0 Å². The van der Waals surface area contributed by atoms with Crippen molar-refractivity contribution in [3.05, 3.63) is 0 Å². The number of hydrogen-bond donors (Lipinski definition) is 0. The van der Waals surface area contributed by atoms with Gasteiger partial charge in [0.15, 0.2) is 0 Å². The van der Waals surface area contributed by atoms with Gasteiger partial charge in [-0.2, -0.15) is 0 Å². The lowest BCUT2D eigenvalue weighted by molar-refractivity contribution is 0.304. The minimum absolute atomic E-state index is 0.443. The molecule has 1 heterocycles. The average Bonchev–Trinajstić information content (AvgIpc) is 1.79. The highest BCUT2D eigenvalue weighted by Gasteiger charge is 2.25. The van der Waals surface area contributed by atoms with Gasteiger partial charge in [0, 0.05) is 12.3 Å². The Hall–Kier alpha value is -0.330. The highest BCUT2D eigenvalue weighted by atomic mass is 14.8. The Morgan fingerprint density at radius 1 is 1.50 bits per heavy atom. The fourth-order valence-corrected chi connectivity index (χ4v) is 1.54. The molecule has 0 aromatic carbocycles. The van der Waals surface area contributed by atoms with E-state index >= 15 is 0 Å². The van der Waals surface area contributed by atoms with Crippen molar-refractivity contribution in [1.29, 1.82) is 0 Å². The maximum Gasteiger partial charge on any atom is 0.0440 e. The predicted octanol–water partition coefficient (Wildman–Crippen LogP) is 2.51. The normalized spacial score (nSPS) is 31.6. The first-order valence-electron chi connectivity index (χ1n) is 4.02. The van der Waals surface area contributed by atoms with Crippen molar-refractivity contribution in [1.82, 2.24) is 0 Å². The summed E-state index contributed by atoms with van der Waals surface area (Å²) in [5.74, 6) is 0.698. The van der Waals surface area contributed by atoms with E-state index in [9.17, 15) is 0 Å². The molecule has 0 spiro atoms. The van der Waals surface area contributed by atoms with Gasteiger partial charge in [-0.1, -0.05) is 20.8 Å². The van der Waals surface area contributed by atoms with Crippen LogP contribution >= 0.6 is 0 Å². The lowest BCUT2D eigenvalue weighted by atomic mass is 9.79. The molecule has 1 rings (SSSR count). The van der Waals surface area contributed by atoms with E-state index in [0.717, 1.165) is 6.54 Å². The van der Waals surface area contributed by atoms with Gasteiger partial charge in [0.25, 0.3) is 0 Å². The lowest BCUT2D eigenvalue weighted by Gasteiger charge is -2.31. The van der Waals surface area contributed by atoms with Crippen LogP contribution in [0, 0.1) is 11.3 Å². The molecule has 0 amide bonds. The van der Waals surface area contributed by atoms with Crippen LogP contribution in [0.1, 0.15) is 34.1 Å². The first kappa shape index (κ1) is 7.77. The van der Waals surface area contributed by atoms with Gasteiger partial charge in [-0.3, -0.25) is 4.99 Å². The molecule has 1 unspecified atom stereocenters. The third kappa shape index (κ3) is 1.59. The SMILES string of the molecule is CC1=NCC(C)(C)CC1C. The first-order valence-corrected chi connectivity index (χ1v) is 4.02. The Morgan fingerprint density at radius 3 is 2.50 bits per heavy atom. The van der Waals surface area contributed by atoms with Crippen molar-refractivity contribution in [2.45, 2.75) is 34.1 Å². The zero-order valence-electron chi connectivity index (χ0n) is 7.44. The van der Waals surface area contributed by atoms with Crippen LogP contribution in [0.3, 0.4) is 0 Å². The van der Waals surface area contributed by atoms with E-state index in [1.54, 1.807) is 0 Å². The van der Waals surface area contributed by atoms with Gasteiger partial charge in [-0.05, 0) is 24.7 Å². The highest BCUT2D eigenvalue weighted by molar-refractivity contribution is 5.84. The molecule has 0 saturated carbocycles. The van der Waals surface area contributed by atoms with E-state index in [1.807, 2.05) is 0 Å². The summed E-state index contributed by atoms with van der Waals surface area (Å²) in [4.78, 5) is 4.48. The van der Waals surface area contributed by atoms with E-state index in [1.165, 1.54) is 12.1 Å². The molecule has 1 nitrogen and oxygen atoms in total. The van der Waals surface area contributed by atoms with Crippen molar-refractivity contribution in [2.24, 2.45) is 16.3 Å². The molecule has 0 aromatic rings. The fraction of sp³-hybridized carbons (Fsp3) is 0.889. The summed E-state index contributed by atoms with van der Waals surface area (Å²) in [7, 11) is 0. The van der Waals surface area contributed by atoms with Crippen LogP contribution in [-0.2, 0) is 0 Å². The van der Waals surface area contributed by atoms with Crippen molar-refractivity contribution in [3.63, 3.8) is 0 Å². The molecule has 1 heteroatoms. The summed E-state index contributed by atoms with van der Waals surface area (Å²) in [5, 5.41) is 0. The monoisotopic (exact) mass is 139 g/mol. The summed E-state index contributed by atoms with van der Waals surface area (Å²) in [5.41, 5.74) is 1.78. The number of nitrogens with zero attached hydrogens (tertiary/aromatic N) is 1. The zero-order chi connectivity index (χ0) is 7.78. The minimum Gasteiger partial charge on any atom is -0.294 e. The highest BCUT2D eigenvalue weighted by Crippen LogP contribution is 2.30. The third-order valence-corrected chi connectivity index (χ3v) is 2.33. The van der Waals surface area contributed by atoms with E-state index in [2.05, 4.69) is 32.7 Å². The fourth-order valence-electron chi connectivity index (χ4n) is 1.54. The van der Waals surface area contributed by atoms with Gasteiger partial charge < -0.3 is 0 Å². The zero-order valence-corrected chi connectivity index (χ0v) is 7.44. The molecule has 0 saturated heterocycles. The van der Waals surface area contributed by atoms with E-state index in [4.69, 9.17) is 0 Å². The smallest absolute Gasteiger partial charge is 0.0440 e. The summed E-state index contributed by atoms with van der Waals surface area (Å²) < 4.78 is 0. The van der Waals surface area contributed by atoms with Crippen LogP contribution in [0.15, 0.2) is 4.99 Å². The van der Waals surface area contributed by atoms with Gasteiger partial charge in [-0.25, -0.2) is 0 Å². The summed E-state index contributed by atoms with van der Waals surface area (Å²) in [6.07, 6.45) is 1.29. The van der Waals surface area contributed by atoms with Gasteiger partial charge in [-0.15, -0.1) is 0 Å². The molecule has 10 heavy (non-hydrogen) atoms. The Kier molecular flexibility index (Phi) is 1.84. The first-order chi connectivity index (χ1) is 4.51. The Morgan fingerprint density at radius 2 is 2.10 bits per heavy atom. The van der Waals surface area contributed by atoms with Crippen LogP contribution in [0.5, 0.6) is 0 Å². The largest absolute Gasteiger partial charge is 0.294 e. The van der Waals surface area contributed by atoms with Gasteiger partial charge in [0.1, 0.15) is 0 Å². The second-order valence-corrected chi connectivity index (χ2v) is 4.23. The van der Waals surface area contributed by atoms with Gasteiger partial charge in [0.2, 0.25) is 0 Å². The standard InChI is InChI=1S/C9H17N/c1-7-5-9(3,4)6-10-8(7)2/h7H,5-6H2,1-4H3. The van der Waals surface area contributed by atoms with Crippen molar-refractivity contribution in [2.75, 3.05) is 6.54 Å². The topological polar surface area (TPSA) is 12.4 Å². The van der Waals surface area contributed by atoms with Crippen LogP contribution < -0.4 is 0 Å². The third-order valence-electron chi connectivity index (χ3n) is 2.33. The molecule has 0 N–H and O–H groups in total. The summed E-state index contributed by atoms with van der Waals surface area (Å²) >= 11 is 0. The van der Waals surface area contributed by atoms with Crippen LogP contribution in [0.4, 0.5) is 0 Å². The van der Waals surface area contributed by atoms with Crippen molar-refractivity contribution < 1.29 is 0 Å². The van der Waals surface area contributed by atoms with Crippen LogP contribution in [-0.4, -0.2) is 12.3 Å². The molecule has 0 fully saturated rings. The molecule has 0 aliphatic carbocycles. The van der Waals surface area contributed by atoms with Crippen molar-refractivity contribution in [3.8, 4) is 0 Å². The van der Waals surface area contributed by atoms with Crippen LogP contribution in [0.25, 0.3) is 0 Å². The van der Waals surface area contributed by atoms with E-state index in [-0.39, 0.29) is 0 Å². The second-order valence-electron chi connectivity index (χ2n) is 4.23. The molecular formula is C9H17N.